The smallest absolute Gasteiger partial charge is 0.338 e. The summed E-state index contributed by atoms with van der Waals surface area (Å²) in [4.78, 5) is 22.1. The molecule has 0 amide bonds. The lowest BCUT2D eigenvalue weighted by molar-refractivity contribution is -0.109. The Kier molecular flexibility index (Phi) is 4.89. The van der Waals surface area contributed by atoms with Gasteiger partial charge < -0.3 is 9.47 Å². The zero-order valence-electron chi connectivity index (χ0n) is 10.8. The number of ether oxygens (including phenoxy) is 2. The summed E-state index contributed by atoms with van der Waals surface area (Å²) in [6.45, 7) is 0.182. The van der Waals surface area contributed by atoms with Crippen molar-refractivity contribution in [2.75, 3.05) is 6.61 Å². The molecule has 0 spiro atoms. The van der Waals surface area contributed by atoms with Crippen molar-refractivity contribution >= 4 is 12.3 Å². The molecular weight excluding hydrogens is 256 g/mol. The molecule has 0 unspecified atom stereocenters. The molecule has 4 nitrogen and oxygen atoms in total. The van der Waals surface area contributed by atoms with Gasteiger partial charge in [-0.05, 0) is 23.8 Å². The van der Waals surface area contributed by atoms with Gasteiger partial charge in [-0.2, -0.15) is 0 Å². The zero-order valence-corrected chi connectivity index (χ0v) is 10.8. The molecule has 0 N–H and O–H groups in total. The standard InChI is InChI=1S/C16H14O4/c17-9-10-19-15-8-4-7-14(11-15)16(18)20-12-13-5-2-1-3-6-13/h1-9,11H,10,12H2. The highest BCUT2D eigenvalue weighted by atomic mass is 16.5. The van der Waals surface area contributed by atoms with Crippen molar-refractivity contribution in [2.45, 2.75) is 6.61 Å². The first-order chi connectivity index (χ1) is 9.79. The molecule has 0 atom stereocenters. The second kappa shape index (κ2) is 7.09. The van der Waals surface area contributed by atoms with Gasteiger partial charge in [-0.25, -0.2) is 4.79 Å². The van der Waals surface area contributed by atoms with Crippen LogP contribution in [0.4, 0.5) is 0 Å². The van der Waals surface area contributed by atoms with Crippen LogP contribution in [0.25, 0.3) is 0 Å². The Morgan fingerprint density at radius 3 is 2.60 bits per heavy atom. The van der Waals surface area contributed by atoms with Gasteiger partial charge in [-0.1, -0.05) is 36.4 Å². The minimum absolute atomic E-state index is 0.0392. The van der Waals surface area contributed by atoms with E-state index in [4.69, 9.17) is 9.47 Å². The highest BCUT2D eigenvalue weighted by Crippen LogP contribution is 2.14. The largest absolute Gasteiger partial charge is 0.486 e. The van der Waals surface area contributed by atoms with Crippen LogP contribution in [0.15, 0.2) is 54.6 Å². The monoisotopic (exact) mass is 270 g/mol. The summed E-state index contributed by atoms with van der Waals surface area (Å²) in [5, 5.41) is 0. The van der Waals surface area contributed by atoms with Crippen molar-refractivity contribution in [1.82, 2.24) is 0 Å². The van der Waals surface area contributed by atoms with Gasteiger partial charge in [0.25, 0.3) is 0 Å². The van der Waals surface area contributed by atoms with Gasteiger partial charge in [-0.15, -0.1) is 0 Å². The van der Waals surface area contributed by atoms with E-state index in [0.717, 1.165) is 5.56 Å². The summed E-state index contributed by atoms with van der Waals surface area (Å²) in [7, 11) is 0. The van der Waals surface area contributed by atoms with Crippen LogP contribution in [0.1, 0.15) is 15.9 Å². The van der Waals surface area contributed by atoms with Crippen molar-refractivity contribution < 1.29 is 19.1 Å². The molecule has 0 radical (unpaired) electrons. The zero-order chi connectivity index (χ0) is 14.2. The lowest BCUT2D eigenvalue weighted by Crippen LogP contribution is -2.06. The Morgan fingerprint density at radius 1 is 1.05 bits per heavy atom. The summed E-state index contributed by atoms with van der Waals surface area (Å²) in [6.07, 6.45) is 0.653. The Balaban J connectivity index is 1.96. The maximum atomic E-state index is 11.9. The number of aldehydes is 1. The summed E-state index contributed by atoms with van der Waals surface area (Å²) in [5.74, 6) is 0.0386. The molecule has 0 heterocycles. The van der Waals surface area contributed by atoms with E-state index >= 15 is 0 Å². The van der Waals surface area contributed by atoms with Crippen LogP contribution in [-0.4, -0.2) is 18.9 Å². The molecule has 102 valence electrons. The maximum Gasteiger partial charge on any atom is 0.338 e. The first kappa shape index (κ1) is 13.8. The van der Waals surface area contributed by atoms with Crippen molar-refractivity contribution in [3.05, 3.63) is 65.7 Å². The Labute approximate surface area is 116 Å². The van der Waals surface area contributed by atoms with Crippen LogP contribution in [-0.2, 0) is 16.1 Å². The molecule has 0 saturated carbocycles. The molecule has 0 fully saturated rings. The first-order valence-electron chi connectivity index (χ1n) is 6.17. The number of benzene rings is 2. The van der Waals surface area contributed by atoms with E-state index < -0.39 is 5.97 Å². The van der Waals surface area contributed by atoms with E-state index in [9.17, 15) is 9.59 Å². The SMILES string of the molecule is O=CCOc1cccc(C(=O)OCc2ccccc2)c1. The fraction of sp³-hybridized carbons (Fsp3) is 0.125. The molecule has 0 aromatic heterocycles. The third-order valence-electron chi connectivity index (χ3n) is 2.60. The lowest BCUT2D eigenvalue weighted by Gasteiger charge is -2.07. The van der Waals surface area contributed by atoms with E-state index in [-0.39, 0.29) is 13.2 Å². The average Bonchev–Trinajstić information content (AvgIpc) is 2.52. The number of rotatable bonds is 6. The molecule has 2 rings (SSSR count). The van der Waals surface area contributed by atoms with Crippen LogP contribution in [0.2, 0.25) is 0 Å². The third-order valence-corrected chi connectivity index (χ3v) is 2.60. The second-order valence-corrected chi connectivity index (χ2v) is 4.07. The van der Waals surface area contributed by atoms with Crippen LogP contribution in [0, 0.1) is 0 Å². The fourth-order valence-electron chi connectivity index (χ4n) is 1.65. The normalized spacial score (nSPS) is 9.80. The maximum absolute atomic E-state index is 11.9. The Morgan fingerprint density at radius 2 is 1.85 bits per heavy atom. The second-order valence-electron chi connectivity index (χ2n) is 4.07. The summed E-state index contributed by atoms with van der Waals surface area (Å²) < 4.78 is 10.3. The predicted molar refractivity (Wildman–Crippen MR) is 73.6 cm³/mol. The average molecular weight is 270 g/mol. The van der Waals surface area contributed by atoms with Gasteiger partial charge in [0.15, 0.2) is 6.29 Å². The molecule has 4 heteroatoms. The number of carbonyl (C=O) groups is 2. The Bertz CT molecular complexity index is 578. The molecule has 0 bridgehead atoms. The molecule has 0 aliphatic heterocycles. The third kappa shape index (κ3) is 3.95. The van der Waals surface area contributed by atoms with Crippen molar-refractivity contribution in [2.24, 2.45) is 0 Å². The molecule has 0 aliphatic carbocycles. The molecular formula is C16H14O4. The molecule has 0 saturated heterocycles. The van der Waals surface area contributed by atoms with Crippen LogP contribution < -0.4 is 4.74 Å². The molecule has 0 aliphatic rings. The number of hydrogen-bond donors (Lipinski definition) is 0. The van der Waals surface area contributed by atoms with Gasteiger partial charge in [0, 0.05) is 0 Å². The lowest BCUT2D eigenvalue weighted by atomic mass is 10.2. The fourth-order valence-corrected chi connectivity index (χ4v) is 1.65. The van der Waals surface area contributed by atoms with E-state index in [1.807, 2.05) is 30.3 Å². The van der Waals surface area contributed by atoms with Crippen LogP contribution >= 0.6 is 0 Å². The van der Waals surface area contributed by atoms with E-state index in [2.05, 4.69) is 0 Å². The van der Waals surface area contributed by atoms with Gasteiger partial charge in [0.1, 0.15) is 19.0 Å². The minimum Gasteiger partial charge on any atom is -0.486 e. The molecule has 2 aromatic carbocycles. The molecule has 20 heavy (non-hydrogen) atoms. The van der Waals surface area contributed by atoms with Gasteiger partial charge in [0.2, 0.25) is 0 Å². The van der Waals surface area contributed by atoms with Crippen molar-refractivity contribution in [3.8, 4) is 5.75 Å². The first-order valence-corrected chi connectivity index (χ1v) is 6.17. The van der Waals surface area contributed by atoms with Crippen molar-refractivity contribution in [3.63, 3.8) is 0 Å². The minimum atomic E-state index is -0.426. The van der Waals surface area contributed by atoms with Gasteiger partial charge >= 0.3 is 5.97 Å². The van der Waals surface area contributed by atoms with E-state index in [0.29, 0.717) is 17.6 Å². The van der Waals surface area contributed by atoms with Crippen LogP contribution in [0.3, 0.4) is 0 Å². The number of hydrogen-bond acceptors (Lipinski definition) is 4. The van der Waals surface area contributed by atoms with Gasteiger partial charge in [0.05, 0.1) is 5.56 Å². The van der Waals surface area contributed by atoms with E-state index in [1.165, 1.54) is 0 Å². The highest BCUT2D eigenvalue weighted by molar-refractivity contribution is 5.89. The van der Waals surface area contributed by atoms with Gasteiger partial charge in [-0.3, -0.25) is 4.79 Å². The number of carbonyl (C=O) groups excluding carboxylic acids is 2. The summed E-state index contributed by atoms with van der Waals surface area (Å²) in [5.41, 5.74) is 1.32. The van der Waals surface area contributed by atoms with E-state index in [1.54, 1.807) is 24.3 Å². The highest BCUT2D eigenvalue weighted by Gasteiger charge is 2.08. The quantitative estimate of drug-likeness (QED) is 0.598. The summed E-state index contributed by atoms with van der Waals surface area (Å²) in [6, 6.07) is 16.0. The van der Waals surface area contributed by atoms with Crippen molar-refractivity contribution in [1.29, 1.82) is 0 Å². The topological polar surface area (TPSA) is 52.6 Å². The molecule has 2 aromatic rings. The summed E-state index contributed by atoms with van der Waals surface area (Å²) >= 11 is 0. The van der Waals surface area contributed by atoms with Crippen LogP contribution in [0.5, 0.6) is 5.75 Å². The Hall–Kier alpha value is -2.62. The predicted octanol–water partition coefficient (Wildman–Crippen LogP) is 2.62. The number of esters is 1.